The minimum absolute atomic E-state index is 0.0947. The molecule has 1 fully saturated rings. The van der Waals surface area contributed by atoms with E-state index in [-0.39, 0.29) is 12.8 Å². The number of unbranched alkanes of at least 4 members (excludes halogenated alkanes) is 24. The van der Waals surface area contributed by atoms with E-state index in [1.54, 1.807) is 0 Å². The summed E-state index contributed by atoms with van der Waals surface area (Å²) in [6.07, 6.45) is 28.0. The predicted molar refractivity (Wildman–Crippen MR) is 240 cm³/mol. The molecule has 8 atom stereocenters. The summed E-state index contributed by atoms with van der Waals surface area (Å²) in [6, 6.07) is 0. The highest BCUT2D eigenvalue weighted by Crippen LogP contribution is 2.47. The Hall–Kier alpha value is -1.67. The number of allylic oxidation sites excluding steroid dienone is 4. The summed E-state index contributed by atoms with van der Waals surface area (Å²) in [5, 5.41) is 50.2. The predicted octanol–water partition coefficient (Wildman–Crippen LogP) is 9.62. The van der Waals surface area contributed by atoms with Crippen LogP contribution in [-0.2, 0) is 32.7 Å². The van der Waals surface area contributed by atoms with E-state index in [9.17, 15) is 44.6 Å². The van der Waals surface area contributed by atoms with Gasteiger partial charge in [-0.2, -0.15) is 0 Å². The molecule has 61 heavy (non-hydrogen) atoms. The lowest BCUT2D eigenvalue weighted by atomic mass is 9.85. The van der Waals surface area contributed by atoms with Crippen molar-refractivity contribution in [3.8, 4) is 0 Å². The first kappa shape index (κ1) is 57.3. The van der Waals surface area contributed by atoms with Crippen molar-refractivity contribution in [2.24, 2.45) is 0 Å². The molecule has 0 aromatic rings. The molecule has 0 radical (unpaired) electrons. The number of aliphatic hydroxyl groups is 5. The van der Waals surface area contributed by atoms with Gasteiger partial charge < -0.3 is 39.9 Å². The summed E-state index contributed by atoms with van der Waals surface area (Å²) in [5.41, 5.74) is 0. The number of ether oxygens (including phenoxy) is 2. The van der Waals surface area contributed by atoms with Gasteiger partial charge in [-0.25, -0.2) is 4.57 Å². The fourth-order valence-corrected chi connectivity index (χ4v) is 8.35. The van der Waals surface area contributed by atoms with Crippen molar-refractivity contribution >= 4 is 19.8 Å². The number of hydrogen-bond acceptors (Lipinski definition) is 12. The largest absolute Gasteiger partial charge is 0.472 e. The number of phosphoric ester groups is 1. The molecule has 1 aliphatic rings. The maximum absolute atomic E-state index is 12.8. The molecule has 0 spiro atoms. The van der Waals surface area contributed by atoms with Crippen molar-refractivity contribution in [3.05, 3.63) is 24.3 Å². The van der Waals surface area contributed by atoms with E-state index in [2.05, 4.69) is 38.2 Å². The van der Waals surface area contributed by atoms with Crippen molar-refractivity contribution in [2.75, 3.05) is 13.2 Å². The lowest BCUT2D eigenvalue weighted by Gasteiger charge is -2.41. The number of rotatable bonds is 40. The number of phosphoric acid groups is 1. The number of hydrogen-bond donors (Lipinski definition) is 6. The highest BCUT2D eigenvalue weighted by molar-refractivity contribution is 7.47. The Kier molecular flexibility index (Phi) is 35.4. The Morgan fingerprint density at radius 3 is 1.36 bits per heavy atom. The number of carbonyl (C=O) groups is 2. The summed E-state index contributed by atoms with van der Waals surface area (Å²) >= 11 is 0. The molecule has 13 nitrogen and oxygen atoms in total. The zero-order valence-electron chi connectivity index (χ0n) is 38.0. The standard InChI is InChI=1S/C47H87O13P/c1-3-5-7-9-11-13-15-17-18-19-20-21-22-24-26-28-30-32-34-36-41(49)59-39(38-58-61(55,56)60-47-45(53)43(51)42(50)44(52)46(47)54)37-57-40(48)35-33-31-29-27-25-23-16-14-12-10-8-6-4-2/h11,13,17-18,39,42-47,50-54H,3-10,12,14-16,19-38H2,1-2H3,(H,55,56)/b13-11+,18-17+/t39-,42?,43+,44?,45?,46?,47?/m1/s1. The maximum Gasteiger partial charge on any atom is 0.472 e. The smallest absolute Gasteiger partial charge is 0.462 e. The second kappa shape index (κ2) is 37.7. The van der Waals surface area contributed by atoms with Gasteiger partial charge >= 0.3 is 19.8 Å². The van der Waals surface area contributed by atoms with Crippen LogP contribution in [0, 0.1) is 0 Å². The average molecular weight is 891 g/mol. The molecule has 0 bridgehead atoms. The van der Waals surface area contributed by atoms with Gasteiger partial charge in [-0.05, 0) is 44.9 Å². The molecule has 1 saturated carbocycles. The van der Waals surface area contributed by atoms with Crippen LogP contribution in [0.1, 0.15) is 206 Å². The molecule has 1 rings (SSSR count). The highest BCUT2D eigenvalue weighted by atomic mass is 31.2. The molecule has 0 saturated heterocycles. The number of aliphatic hydroxyl groups excluding tert-OH is 5. The minimum Gasteiger partial charge on any atom is -0.462 e. The van der Waals surface area contributed by atoms with Crippen LogP contribution >= 0.6 is 7.82 Å². The Morgan fingerprint density at radius 2 is 0.885 bits per heavy atom. The van der Waals surface area contributed by atoms with E-state index >= 15 is 0 Å². The third kappa shape index (κ3) is 30.2. The van der Waals surface area contributed by atoms with Crippen molar-refractivity contribution < 1.29 is 63.1 Å². The van der Waals surface area contributed by atoms with Gasteiger partial charge in [-0.1, -0.05) is 173 Å². The molecule has 358 valence electrons. The van der Waals surface area contributed by atoms with Crippen LogP contribution in [0.15, 0.2) is 24.3 Å². The molecule has 0 aromatic heterocycles. The SMILES string of the molecule is CCCCC/C=C/C/C=C/CCCCCCCCCCCC(=O)O[C@H](COC(=O)CCCCCCCCCCCCCCC)COP(=O)(O)OC1C(O)C(O)C(O)[C@H](O)C1O. The van der Waals surface area contributed by atoms with Gasteiger partial charge in [0.1, 0.15) is 43.2 Å². The van der Waals surface area contributed by atoms with Gasteiger partial charge in [0.2, 0.25) is 0 Å². The second-order valence-electron chi connectivity index (χ2n) is 17.0. The quantitative estimate of drug-likeness (QED) is 0.0147. The van der Waals surface area contributed by atoms with E-state index in [0.29, 0.717) is 12.8 Å². The van der Waals surface area contributed by atoms with Crippen molar-refractivity contribution in [1.82, 2.24) is 0 Å². The van der Waals surface area contributed by atoms with E-state index in [1.165, 1.54) is 109 Å². The molecule has 6 N–H and O–H groups in total. The maximum atomic E-state index is 12.8. The second-order valence-corrected chi connectivity index (χ2v) is 18.4. The van der Waals surface area contributed by atoms with Crippen molar-refractivity contribution in [2.45, 2.75) is 249 Å². The molecule has 0 aliphatic heterocycles. The Balaban J connectivity index is 2.42. The van der Waals surface area contributed by atoms with Crippen molar-refractivity contribution in [1.29, 1.82) is 0 Å². The summed E-state index contributed by atoms with van der Waals surface area (Å²) < 4.78 is 33.6. The average Bonchev–Trinajstić information content (AvgIpc) is 3.24. The van der Waals surface area contributed by atoms with Gasteiger partial charge in [0, 0.05) is 12.8 Å². The van der Waals surface area contributed by atoms with E-state index in [1.807, 2.05) is 0 Å². The van der Waals surface area contributed by atoms with Crippen LogP contribution in [0.3, 0.4) is 0 Å². The van der Waals surface area contributed by atoms with Gasteiger partial charge in [0.25, 0.3) is 0 Å². The topological polar surface area (TPSA) is 210 Å². The molecule has 0 heterocycles. The summed E-state index contributed by atoms with van der Waals surface area (Å²) in [5.74, 6) is -1.10. The fraction of sp³-hybridized carbons (Fsp3) is 0.872. The first-order valence-corrected chi connectivity index (χ1v) is 25.6. The normalized spacial score (nSPS) is 22.2. The van der Waals surface area contributed by atoms with E-state index in [4.69, 9.17) is 18.5 Å². The number of carbonyl (C=O) groups excluding carboxylic acids is 2. The fourth-order valence-electron chi connectivity index (χ4n) is 7.38. The molecule has 1 aliphatic carbocycles. The Morgan fingerprint density at radius 1 is 0.508 bits per heavy atom. The van der Waals surface area contributed by atoms with E-state index in [0.717, 1.165) is 57.8 Å². The highest BCUT2D eigenvalue weighted by Gasteiger charge is 2.51. The zero-order chi connectivity index (χ0) is 45.0. The molecular formula is C47H87O13P. The molecule has 6 unspecified atom stereocenters. The monoisotopic (exact) mass is 891 g/mol. The van der Waals surface area contributed by atoms with Crippen LogP contribution in [0.2, 0.25) is 0 Å². The van der Waals surface area contributed by atoms with Gasteiger partial charge in [-0.15, -0.1) is 0 Å². The molecule has 14 heteroatoms. The van der Waals surface area contributed by atoms with Crippen LogP contribution in [0.25, 0.3) is 0 Å². The molecule has 0 amide bonds. The summed E-state index contributed by atoms with van der Waals surface area (Å²) in [7, 11) is -5.12. The summed E-state index contributed by atoms with van der Waals surface area (Å²) in [4.78, 5) is 35.7. The molecular weight excluding hydrogens is 803 g/mol. The van der Waals surface area contributed by atoms with Gasteiger partial charge in [-0.3, -0.25) is 18.6 Å². The van der Waals surface area contributed by atoms with E-state index < -0.39 is 75.7 Å². The zero-order valence-corrected chi connectivity index (χ0v) is 38.9. The van der Waals surface area contributed by atoms with Gasteiger partial charge in [0.15, 0.2) is 6.10 Å². The third-order valence-corrected chi connectivity index (χ3v) is 12.3. The lowest BCUT2D eigenvalue weighted by molar-refractivity contribution is -0.220. The lowest BCUT2D eigenvalue weighted by Crippen LogP contribution is -2.64. The van der Waals surface area contributed by atoms with Crippen LogP contribution in [0.5, 0.6) is 0 Å². The first-order chi connectivity index (χ1) is 29.4. The minimum atomic E-state index is -5.12. The van der Waals surface area contributed by atoms with Crippen LogP contribution in [0.4, 0.5) is 0 Å². The Bertz CT molecular complexity index is 1170. The van der Waals surface area contributed by atoms with Gasteiger partial charge in [0.05, 0.1) is 6.61 Å². The molecule has 0 aromatic carbocycles. The van der Waals surface area contributed by atoms with Crippen molar-refractivity contribution in [3.63, 3.8) is 0 Å². The first-order valence-electron chi connectivity index (χ1n) is 24.1. The summed E-state index contributed by atoms with van der Waals surface area (Å²) in [6.45, 7) is 3.28. The van der Waals surface area contributed by atoms with Crippen LogP contribution < -0.4 is 0 Å². The van der Waals surface area contributed by atoms with Crippen LogP contribution in [-0.4, -0.2) is 98.3 Å². The Labute approximate surface area is 368 Å². The number of esters is 2. The third-order valence-electron chi connectivity index (χ3n) is 11.3.